The van der Waals surface area contributed by atoms with Crippen LogP contribution in [0.1, 0.15) is 6.92 Å². The molecule has 0 bridgehead atoms. The Hall–Kier alpha value is -1.11. The number of aliphatic hydroxyl groups excluding tert-OH is 1. The Morgan fingerprint density at radius 2 is 2.40 bits per heavy atom. The molecule has 0 fully saturated rings. The Bertz CT molecular complexity index is 335. The highest BCUT2D eigenvalue weighted by molar-refractivity contribution is 6.32. The maximum Gasteiger partial charge on any atom is 0.239 e. The molecule has 0 radical (unpaired) electrons. The van der Waals surface area contributed by atoms with Crippen LogP contribution in [0.2, 0.25) is 5.02 Å². The van der Waals surface area contributed by atoms with E-state index in [1.165, 1.54) is 6.20 Å². The number of aliphatic hydroxyl groups is 1. The number of likely N-dealkylation sites (N-methyl/N-ethyl adjacent to an activating group) is 1. The molecule has 7 heteroatoms. The van der Waals surface area contributed by atoms with Gasteiger partial charge in [0.25, 0.3) is 0 Å². The summed E-state index contributed by atoms with van der Waals surface area (Å²) in [7, 11) is 1.79. The molecule has 0 aromatic carbocycles. The van der Waals surface area contributed by atoms with Gasteiger partial charge in [-0.05, 0) is 6.92 Å². The lowest BCUT2D eigenvalue weighted by Crippen LogP contribution is -2.33. The summed E-state index contributed by atoms with van der Waals surface area (Å²) in [6.45, 7) is 1.87. The minimum Gasteiger partial charge on any atom is -0.394 e. The fourth-order valence-corrected chi connectivity index (χ4v) is 1.23. The van der Waals surface area contributed by atoms with Gasteiger partial charge in [-0.25, -0.2) is 10.8 Å². The third-order valence-corrected chi connectivity index (χ3v) is 2.38. The zero-order chi connectivity index (χ0) is 11.4. The molecule has 6 nitrogen and oxygen atoms in total. The smallest absolute Gasteiger partial charge is 0.239 e. The van der Waals surface area contributed by atoms with Crippen molar-refractivity contribution < 1.29 is 5.11 Å². The summed E-state index contributed by atoms with van der Waals surface area (Å²) in [5.41, 5.74) is 2.34. The average Bonchev–Trinajstić information content (AvgIpc) is 2.27. The molecule has 0 saturated heterocycles. The van der Waals surface area contributed by atoms with Crippen LogP contribution in [-0.2, 0) is 0 Å². The van der Waals surface area contributed by atoms with Crippen molar-refractivity contribution >= 4 is 23.4 Å². The first-order chi connectivity index (χ1) is 7.10. The SMILES string of the molecule is CC(CO)N(C)c1nc(NN)ncc1Cl. The predicted octanol–water partition coefficient (Wildman–Crippen LogP) is 0.233. The van der Waals surface area contributed by atoms with E-state index in [1.54, 1.807) is 11.9 Å². The Balaban J connectivity index is 3.01. The largest absolute Gasteiger partial charge is 0.394 e. The van der Waals surface area contributed by atoms with E-state index in [0.717, 1.165) is 0 Å². The fraction of sp³-hybridized carbons (Fsp3) is 0.500. The zero-order valence-corrected chi connectivity index (χ0v) is 9.36. The molecule has 0 amide bonds. The zero-order valence-electron chi connectivity index (χ0n) is 8.61. The number of hydrogen-bond acceptors (Lipinski definition) is 6. The van der Waals surface area contributed by atoms with E-state index in [0.29, 0.717) is 10.8 Å². The van der Waals surface area contributed by atoms with Crippen LogP contribution in [0.15, 0.2) is 6.20 Å². The minimum atomic E-state index is -0.0805. The van der Waals surface area contributed by atoms with Gasteiger partial charge in [-0.1, -0.05) is 11.6 Å². The number of aromatic nitrogens is 2. The van der Waals surface area contributed by atoms with Crippen molar-refractivity contribution in [3.05, 3.63) is 11.2 Å². The quantitative estimate of drug-likeness (QED) is 0.508. The van der Waals surface area contributed by atoms with Gasteiger partial charge in [-0.15, -0.1) is 0 Å². The van der Waals surface area contributed by atoms with E-state index in [-0.39, 0.29) is 18.6 Å². The number of anilines is 2. The molecule has 1 rings (SSSR count). The number of nitrogens with one attached hydrogen (secondary N) is 1. The summed E-state index contributed by atoms with van der Waals surface area (Å²) in [5, 5.41) is 9.43. The number of halogens is 1. The molecular weight excluding hydrogens is 218 g/mol. The number of hydrazine groups is 1. The van der Waals surface area contributed by atoms with Crippen LogP contribution >= 0.6 is 11.6 Å². The lowest BCUT2D eigenvalue weighted by Gasteiger charge is -2.25. The van der Waals surface area contributed by atoms with Gasteiger partial charge in [0, 0.05) is 7.05 Å². The van der Waals surface area contributed by atoms with Gasteiger partial charge in [0.05, 0.1) is 18.8 Å². The molecule has 0 spiro atoms. The summed E-state index contributed by atoms with van der Waals surface area (Å²) in [5.74, 6) is 6.00. The first-order valence-electron chi connectivity index (χ1n) is 4.43. The van der Waals surface area contributed by atoms with E-state index >= 15 is 0 Å². The number of nitrogen functional groups attached to an aromatic ring is 1. The van der Waals surface area contributed by atoms with Crippen LogP contribution in [0, 0.1) is 0 Å². The Morgan fingerprint density at radius 3 is 2.93 bits per heavy atom. The van der Waals surface area contributed by atoms with Crippen molar-refractivity contribution in [2.24, 2.45) is 5.84 Å². The minimum absolute atomic E-state index is 0.0161. The highest BCUT2D eigenvalue weighted by Crippen LogP contribution is 2.23. The van der Waals surface area contributed by atoms with Crippen LogP contribution in [0.25, 0.3) is 0 Å². The summed E-state index contributed by atoms with van der Waals surface area (Å²) >= 11 is 5.93. The molecule has 84 valence electrons. The highest BCUT2D eigenvalue weighted by Gasteiger charge is 2.14. The lowest BCUT2D eigenvalue weighted by atomic mass is 10.3. The van der Waals surface area contributed by atoms with E-state index in [1.807, 2.05) is 6.92 Å². The van der Waals surface area contributed by atoms with Crippen LogP contribution < -0.4 is 16.2 Å². The van der Waals surface area contributed by atoms with Gasteiger partial charge in [-0.3, -0.25) is 5.43 Å². The molecule has 0 aliphatic rings. The third kappa shape index (κ3) is 2.68. The molecule has 1 atom stereocenters. The molecule has 0 saturated carbocycles. The Morgan fingerprint density at radius 1 is 1.73 bits per heavy atom. The van der Waals surface area contributed by atoms with Crippen molar-refractivity contribution in [1.29, 1.82) is 0 Å². The van der Waals surface area contributed by atoms with Gasteiger partial charge in [0.2, 0.25) is 5.95 Å². The Kier molecular flexibility index (Phi) is 4.07. The summed E-state index contributed by atoms with van der Waals surface area (Å²) in [6.07, 6.45) is 1.46. The molecule has 1 heterocycles. The van der Waals surface area contributed by atoms with E-state index in [4.69, 9.17) is 22.6 Å². The van der Waals surface area contributed by atoms with Crippen LogP contribution in [0.5, 0.6) is 0 Å². The topological polar surface area (TPSA) is 87.3 Å². The summed E-state index contributed by atoms with van der Waals surface area (Å²) < 4.78 is 0. The van der Waals surface area contributed by atoms with Crippen LogP contribution in [-0.4, -0.2) is 34.8 Å². The summed E-state index contributed by atoms with van der Waals surface area (Å²) in [4.78, 5) is 9.71. The molecule has 0 aliphatic carbocycles. The molecule has 15 heavy (non-hydrogen) atoms. The highest BCUT2D eigenvalue weighted by atomic mass is 35.5. The number of hydrogen-bond donors (Lipinski definition) is 3. The fourth-order valence-electron chi connectivity index (χ4n) is 1.01. The van der Waals surface area contributed by atoms with Gasteiger partial charge >= 0.3 is 0 Å². The number of nitrogens with zero attached hydrogens (tertiary/aromatic N) is 3. The van der Waals surface area contributed by atoms with Crippen molar-refractivity contribution in [3.63, 3.8) is 0 Å². The maximum atomic E-state index is 9.02. The second kappa shape index (κ2) is 5.11. The van der Waals surface area contributed by atoms with Gasteiger partial charge < -0.3 is 10.0 Å². The van der Waals surface area contributed by atoms with Crippen LogP contribution in [0.3, 0.4) is 0 Å². The van der Waals surface area contributed by atoms with E-state index < -0.39 is 0 Å². The first-order valence-corrected chi connectivity index (χ1v) is 4.80. The second-order valence-electron chi connectivity index (χ2n) is 3.15. The van der Waals surface area contributed by atoms with Crippen molar-refractivity contribution in [2.45, 2.75) is 13.0 Å². The standard InChI is InChI=1S/C8H14ClN5O/c1-5(4-15)14(2)7-6(9)3-11-8(12-7)13-10/h3,5,15H,4,10H2,1-2H3,(H,11,12,13). The Labute approximate surface area is 93.0 Å². The van der Waals surface area contributed by atoms with Gasteiger partial charge in [0.1, 0.15) is 5.02 Å². The molecular formula is C8H14ClN5O. The average molecular weight is 232 g/mol. The van der Waals surface area contributed by atoms with Crippen molar-refractivity contribution in [2.75, 3.05) is 24.0 Å². The molecule has 1 aromatic rings. The summed E-state index contributed by atoms with van der Waals surface area (Å²) in [6, 6.07) is -0.0805. The monoisotopic (exact) mass is 231 g/mol. The predicted molar refractivity (Wildman–Crippen MR) is 59.8 cm³/mol. The third-order valence-electron chi connectivity index (χ3n) is 2.11. The maximum absolute atomic E-state index is 9.02. The van der Waals surface area contributed by atoms with Crippen LogP contribution in [0.4, 0.5) is 11.8 Å². The number of nitrogens with two attached hydrogens (primary N) is 1. The normalized spacial score (nSPS) is 12.3. The molecule has 4 N–H and O–H groups in total. The van der Waals surface area contributed by atoms with Crippen molar-refractivity contribution in [3.8, 4) is 0 Å². The lowest BCUT2D eigenvalue weighted by molar-refractivity contribution is 0.270. The first kappa shape index (κ1) is 12.0. The molecule has 0 aliphatic heterocycles. The van der Waals surface area contributed by atoms with E-state index in [2.05, 4.69) is 15.4 Å². The van der Waals surface area contributed by atoms with E-state index in [9.17, 15) is 0 Å². The van der Waals surface area contributed by atoms with Gasteiger partial charge in [0.15, 0.2) is 5.82 Å². The number of rotatable bonds is 4. The molecule has 1 aromatic heterocycles. The van der Waals surface area contributed by atoms with Crippen molar-refractivity contribution in [1.82, 2.24) is 9.97 Å². The second-order valence-corrected chi connectivity index (χ2v) is 3.56. The van der Waals surface area contributed by atoms with Gasteiger partial charge in [-0.2, -0.15) is 4.98 Å². The molecule has 1 unspecified atom stereocenters.